The van der Waals surface area contributed by atoms with E-state index >= 15 is 0 Å². The van der Waals surface area contributed by atoms with E-state index in [1.807, 2.05) is 0 Å². The van der Waals surface area contributed by atoms with Gasteiger partial charge < -0.3 is 15.4 Å². The van der Waals surface area contributed by atoms with Crippen molar-refractivity contribution in [2.75, 3.05) is 26.2 Å². The third-order valence-electron chi connectivity index (χ3n) is 4.36. The van der Waals surface area contributed by atoms with Gasteiger partial charge in [-0.1, -0.05) is 18.2 Å². The number of para-hydroxylation sites is 1. The highest BCUT2D eigenvalue weighted by Gasteiger charge is 2.38. The molecule has 1 fully saturated rings. The molecule has 3 rings (SSSR count). The first-order chi connectivity index (χ1) is 8.81. The fourth-order valence-corrected chi connectivity index (χ4v) is 3.18. The molecule has 0 unspecified atom stereocenters. The summed E-state index contributed by atoms with van der Waals surface area (Å²) in [6.07, 6.45) is 4.61. The molecule has 0 amide bonds. The Kier molecular flexibility index (Phi) is 3.27. The molecule has 0 bridgehead atoms. The van der Waals surface area contributed by atoms with Crippen molar-refractivity contribution in [3.05, 3.63) is 29.8 Å². The van der Waals surface area contributed by atoms with Crippen LogP contribution in [0.1, 0.15) is 24.8 Å². The Balaban J connectivity index is 1.69. The van der Waals surface area contributed by atoms with Gasteiger partial charge in [-0.25, -0.2) is 0 Å². The van der Waals surface area contributed by atoms with Crippen LogP contribution in [0.2, 0.25) is 0 Å². The SMILES string of the molecule is NCCN1CCC2(CCc3ccccc3O2)CC1. The molecular formula is C15H22N2O. The van der Waals surface area contributed by atoms with Crippen molar-refractivity contribution >= 4 is 0 Å². The monoisotopic (exact) mass is 246 g/mol. The molecule has 1 saturated heterocycles. The topological polar surface area (TPSA) is 38.5 Å². The van der Waals surface area contributed by atoms with E-state index < -0.39 is 0 Å². The Hall–Kier alpha value is -1.06. The highest BCUT2D eigenvalue weighted by atomic mass is 16.5. The van der Waals surface area contributed by atoms with Crippen LogP contribution in [0.5, 0.6) is 5.75 Å². The van der Waals surface area contributed by atoms with Crippen LogP contribution >= 0.6 is 0 Å². The largest absolute Gasteiger partial charge is 0.487 e. The minimum Gasteiger partial charge on any atom is -0.487 e. The third kappa shape index (κ3) is 2.25. The molecule has 1 aromatic rings. The van der Waals surface area contributed by atoms with Crippen LogP contribution in [0.3, 0.4) is 0 Å². The molecule has 0 aromatic heterocycles. The Morgan fingerprint density at radius 1 is 1.17 bits per heavy atom. The third-order valence-corrected chi connectivity index (χ3v) is 4.36. The molecule has 0 atom stereocenters. The Labute approximate surface area is 109 Å². The summed E-state index contributed by atoms with van der Waals surface area (Å²) in [5, 5.41) is 0. The van der Waals surface area contributed by atoms with Gasteiger partial charge in [0.1, 0.15) is 11.4 Å². The summed E-state index contributed by atoms with van der Waals surface area (Å²) < 4.78 is 6.33. The van der Waals surface area contributed by atoms with Gasteiger partial charge in [0.05, 0.1) is 0 Å². The van der Waals surface area contributed by atoms with Gasteiger partial charge in [-0.05, 0) is 37.3 Å². The minimum atomic E-state index is 0.0967. The molecule has 0 radical (unpaired) electrons. The first kappa shape index (κ1) is 12.0. The lowest BCUT2D eigenvalue weighted by Crippen LogP contribution is -2.50. The molecule has 2 heterocycles. The first-order valence-electron chi connectivity index (χ1n) is 7.01. The van der Waals surface area contributed by atoms with E-state index in [-0.39, 0.29) is 5.60 Å². The summed E-state index contributed by atoms with van der Waals surface area (Å²) in [5.74, 6) is 1.11. The second kappa shape index (κ2) is 4.90. The van der Waals surface area contributed by atoms with Crippen LogP contribution in [0.15, 0.2) is 24.3 Å². The average Bonchev–Trinajstić information content (AvgIpc) is 2.42. The number of benzene rings is 1. The van der Waals surface area contributed by atoms with E-state index in [2.05, 4.69) is 29.2 Å². The van der Waals surface area contributed by atoms with Crippen LogP contribution in [-0.2, 0) is 6.42 Å². The van der Waals surface area contributed by atoms with Gasteiger partial charge in [0.15, 0.2) is 0 Å². The quantitative estimate of drug-likeness (QED) is 0.865. The molecule has 2 N–H and O–H groups in total. The van der Waals surface area contributed by atoms with Crippen LogP contribution in [-0.4, -0.2) is 36.7 Å². The van der Waals surface area contributed by atoms with Gasteiger partial charge in [-0.3, -0.25) is 0 Å². The molecule has 2 aliphatic rings. The van der Waals surface area contributed by atoms with E-state index in [0.717, 1.165) is 51.2 Å². The molecule has 3 nitrogen and oxygen atoms in total. The normalized spacial score (nSPS) is 22.5. The lowest BCUT2D eigenvalue weighted by Gasteiger charge is -2.44. The predicted molar refractivity (Wildman–Crippen MR) is 72.9 cm³/mol. The smallest absolute Gasteiger partial charge is 0.123 e. The van der Waals surface area contributed by atoms with Gasteiger partial charge in [0.2, 0.25) is 0 Å². The second-order valence-corrected chi connectivity index (χ2v) is 5.52. The zero-order valence-corrected chi connectivity index (χ0v) is 10.9. The zero-order valence-electron chi connectivity index (χ0n) is 10.9. The Bertz CT molecular complexity index is 411. The number of ether oxygens (including phenoxy) is 1. The molecule has 18 heavy (non-hydrogen) atoms. The molecule has 98 valence electrons. The van der Waals surface area contributed by atoms with Gasteiger partial charge in [0, 0.05) is 26.2 Å². The van der Waals surface area contributed by atoms with Crippen molar-refractivity contribution < 1.29 is 4.74 Å². The van der Waals surface area contributed by atoms with Crippen LogP contribution in [0.25, 0.3) is 0 Å². The molecule has 1 aromatic carbocycles. The molecule has 1 spiro atoms. The van der Waals surface area contributed by atoms with E-state index in [0.29, 0.717) is 0 Å². The van der Waals surface area contributed by atoms with Gasteiger partial charge in [-0.2, -0.15) is 0 Å². The van der Waals surface area contributed by atoms with Gasteiger partial charge >= 0.3 is 0 Å². The molecule has 2 aliphatic heterocycles. The van der Waals surface area contributed by atoms with E-state index in [9.17, 15) is 0 Å². The number of rotatable bonds is 2. The van der Waals surface area contributed by atoms with Crippen LogP contribution in [0, 0.1) is 0 Å². The first-order valence-corrected chi connectivity index (χ1v) is 7.01. The number of piperidine rings is 1. The van der Waals surface area contributed by atoms with Crippen molar-refractivity contribution in [3.63, 3.8) is 0 Å². The maximum absolute atomic E-state index is 6.33. The lowest BCUT2D eigenvalue weighted by atomic mass is 9.83. The second-order valence-electron chi connectivity index (χ2n) is 5.52. The maximum atomic E-state index is 6.33. The number of hydrogen-bond donors (Lipinski definition) is 1. The van der Waals surface area contributed by atoms with E-state index in [4.69, 9.17) is 10.5 Å². The van der Waals surface area contributed by atoms with Crippen molar-refractivity contribution in [2.24, 2.45) is 5.73 Å². The van der Waals surface area contributed by atoms with E-state index in [1.165, 1.54) is 12.0 Å². The van der Waals surface area contributed by atoms with Crippen molar-refractivity contribution in [1.29, 1.82) is 0 Å². The zero-order chi connectivity index (χ0) is 12.4. The van der Waals surface area contributed by atoms with Crippen molar-refractivity contribution in [1.82, 2.24) is 4.90 Å². The summed E-state index contributed by atoms with van der Waals surface area (Å²) in [5.41, 5.74) is 7.08. The standard InChI is InChI=1S/C15H22N2O/c16-9-12-17-10-7-15(8-11-17)6-5-13-3-1-2-4-14(13)18-15/h1-4H,5-12,16H2. The van der Waals surface area contributed by atoms with Crippen LogP contribution in [0.4, 0.5) is 0 Å². The predicted octanol–water partition coefficient (Wildman–Crippen LogP) is 1.80. The lowest BCUT2D eigenvalue weighted by molar-refractivity contribution is -0.0137. The number of nitrogens with zero attached hydrogens (tertiary/aromatic N) is 1. The maximum Gasteiger partial charge on any atom is 0.123 e. The molecule has 3 heteroatoms. The summed E-state index contributed by atoms with van der Waals surface area (Å²) in [7, 11) is 0. The van der Waals surface area contributed by atoms with Gasteiger partial charge in [-0.15, -0.1) is 0 Å². The highest BCUT2D eigenvalue weighted by molar-refractivity contribution is 5.36. The minimum absolute atomic E-state index is 0.0967. The Morgan fingerprint density at radius 2 is 1.94 bits per heavy atom. The van der Waals surface area contributed by atoms with E-state index in [1.54, 1.807) is 0 Å². The number of likely N-dealkylation sites (tertiary alicyclic amines) is 1. The summed E-state index contributed by atoms with van der Waals surface area (Å²) in [6, 6.07) is 8.47. The van der Waals surface area contributed by atoms with Gasteiger partial charge in [0.25, 0.3) is 0 Å². The summed E-state index contributed by atoms with van der Waals surface area (Å²) in [6.45, 7) is 4.03. The Morgan fingerprint density at radius 3 is 2.72 bits per heavy atom. The molecule has 0 aliphatic carbocycles. The number of aryl methyl sites for hydroxylation is 1. The van der Waals surface area contributed by atoms with Crippen LogP contribution < -0.4 is 10.5 Å². The molecule has 0 saturated carbocycles. The number of hydrogen-bond acceptors (Lipinski definition) is 3. The average molecular weight is 246 g/mol. The van der Waals surface area contributed by atoms with Crippen molar-refractivity contribution in [2.45, 2.75) is 31.3 Å². The summed E-state index contributed by atoms with van der Waals surface area (Å²) >= 11 is 0. The number of fused-ring (bicyclic) bond motifs is 1. The number of nitrogens with two attached hydrogens (primary N) is 1. The highest BCUT2D eigenvalue weighted by Crippen LogP contribution is 2.38. The fourth-order valence-electron chi connectivity index (χ4n) is 3.18. The van der Waals surface area contributed by atoms with Crippen molar-refractivity contribution in [3.8, 4) is 5.75 Å². The fraction of sp³-hybridized carbons (Fsp3) is 0.600. The molecular weight excluding hydrogens is 224 g/mol. The summed E-state index contributed by atoms with van der Waals surface area (Å²) in [4.78, 5) is 2.45.